The highest BCUT2D eigenvalue weighted by Gasteiger charge is 2.24. The van der Waals surface area contributed by atoms with Crippen molar-refractivity contribution in [3.05, 3.63) is 64.8 Å². The summed E-state index contributed by atoms with van der Waals surface area (Å²) in [5.74, 6) is -0.393. The second-order valence-corrected chi connectivity index (χ2v) is 7.36. The Kier molecular flexibility index (Phi) is 5.84. The van der Waals surface area contributed by atoms with Crippen LogP contribution in [0.4, 0.5) is 0 Å². The second kappa shape index (κ2) is 8.69. The van der Waals surface area contributed by atoms with Crippen molar-refractivity contribution in [2.45, 2.75) is 19.1 Å². The Labute approximate surface area is 172 Å². The first kappa shape index (κ1) is 19.5. The van der Waals surface area contributed by atoms with Crippen LogP contribution in [0.15, 0.2) is 42.7 Å². The molecule has 0 spiro atoms. The van der Waals surface area contributed by atoms with E-state index in [-0.39, 0.29) is 17.4 Å². The van der Waals surface area contributed by atoms with Crippen LogP contribution in [0.2, 0.25) is 5.15 Å². The number of rotatable bonds is 6. The minimum Gasteiger partial charge on any atom is -0.390 e. The number of aromatic nitrogens is 4. The van der Waals surface area contributed by atoms with Crippen LogP contribution in [-0.2, 0) is 13.0 Å². The number of hydrogen-bond donors (Lipinski definition) is 3. The Morgan fingerprint density at radius 2 is 2.14 bits per heavy atom. The van der Waals surface area contributed by atoms with E-state index in [4.69, 9.17) is 11.6 Å². The lowest BCUT2D eigenvalue weighted by Gasteiger charge is -2.29. The average molecular weight is 413 g/mol. The molecule has 1 aliphatic rings. The van der Waals surface area contributed by atoms with E-state index >= 15 is 0 Å². The van der Waals surface area contributed by atoms with Crippen molar-refractivity contribution in [2.24, 2.45) is 0 Å². The summed E-state index contributed by atoms with van der Waals surface area (Å²) in [5.41, 5.74) is 4.50. The smallest absolute Gasteiger partial charge is 0.270 e. The van der Waals surface area contributed by atoms with Gasteiger partial charge in [0.1, 0.15) is 17.2 Å². The maximum atomic E-state index is 12.1. The molecule has 2 aromatic heterocycles. The van der Waals surface area contributed by atoms with E-state index in [1.807, 2.05) is 30.3 Å². The number of carbonyl (C=O) groups excluding carboxylic acids is 1. The van der Waals surface area contributed by atoms with Gasteiger partial charge in [-0.25, -0.2) is 9.97 Å². The lowest BCUT2D eigenvalue weighted by Crippen LogP contribution is -2.42. The average Bonchev–Trinajstić information content (AvgIpc) is 3.16. The lowest BCUT2D eigenvalue weighted by atomic mass is 10.0. The Morgan fingerprint density at radius 1 is 1.31 bits per heavy atom. The fourth-order valence-electron chi connectivity index (χ4n) is 3.46. The largest absolute Gasteiger partial charge is 0.390 e. The molecule has 1 aromatic carbocycles. The van der Waals surface area contributed by atoms with Crippen LogP contribution in [0.3, 0.4) is 0 Å². The number of hydrogen-bond acceptors (Lipinski definition) is 6. The molecule has 1 atom stereocenters. The van der Waals surface area contributed by atoms with Gasteiger partial charge in [0.15, 0.2) is 0 Å². The molecular formula is C20H21ClN6O2. The van der Waals surface area contributed by atoms with Crippen molar-refractivity contribution in [3.63, 3.8) is 0 Å². The molecule has 1 aliphatic heterocycles. The van der Waals surface area contributed by atoms with E-state index in [0.717, 1.165) is 35.5 Å². The van der Waals surface area contributed by atoms with Crippen molar-refractivity contribution in [2.75, 3.05) is 19.6 Å². The summed E-state index contributed by atoms with van der Waals surface area (Å²) in [5, 5.41) is 20.9. The van der Waals surface area contributed by atoms with Gasteiger partial charge in [-0.3, -0.25) is 14.8 Å². The molecule has 8 nitrogen and oxygen atoms in total. The number of β-amino-alcohol motifs (C(OH)–C–C–N with tert-alkyl or cyclic N) is 1. The van der Waals surface area contributed by atoms with Gasteiger partial charge in [0.05, 0.1) is 11.8 Å². The van der Waals surface area contributed by atoms with Crippen molar-refractivity contribution in [1.82, 2.24) is 30.4 Å². The summed E-state index contributed by atoms with van der Waals surface area (Å²) in [7, 11) is 0. The number of halogens is 1. The van der Waals surface area contributed by atoms with Gasteiger partial charge in [-0.2, -0.15) is 5.10 Å². The first-order chi connectivity index (χ1) is 14.1. The summed E-state index contributed by atoms with van der Waals surface area (Å²) in [6.07, 6.45) is 1.37. The van der Waals surface area contributed by atoms with Crippen LogP contribution >= 0.6 is 11.6 Å². The molecule has 4 rings (SSSR count). The zero-order valence-corrected chi connectivity index (χ0v) is 16.4. The molecule has 0 saturated carbocycles. The number of carbonyl (C=O) groups is 1. The molecule has 0 fully saturated rings. The molecule has 3 N–H and O–H groups in total. The fraction of sp³-hybridized carbons (Fsp3) is 0.300. The molecule has 29 heavy (non-hydrogen) atoms. The first-order valence-corrected chi connectivity index (χ1v) is 9.75. The maximum absolute atomic E-state index is 12.1. The summed E-state index contributed by atoms with van der Waals surface area (Å²) < 4.78 is 0. The van der Waals surface area contributed by atoms with Crippen LogP contribution in [-0.4, -0.2) is 61.8 Å². The zero-order chi connectivity index (χ0) is 20.2. The number of aliphatic hydroxyl groups is 1. The highest BCUT2D eigenvalue weighted by atomic mass is 35.5. The number of aliphatic hydroxyl groups excluding tert-OH is 1. The molecule has 1 amide bonds. The van der Waals surface area contributed by atoms with E-state index in [0.29, 0.717) is 13.1 Å². The standard InChI is InChI=1S/C20H21ClN6O2/c21-18-8-17(23-12-24-18)20(29)22-9-14(28)10-27-7-6-16-15(11-27)19(26-25-16)13-4-2-1-3-5-13/h1-5,8,12,14,28H,6-7,9-11H2,(H,22,29)(H,25,26). The summed E-state index contributed by atoms with van der Waals surface area (Å²) in [6.45, 7) is 2.09. The zero-order valence-electron chi connectivity index (χ0n) is 15.7. The third-order valence-electron chi connectivity index (χ3n) is 4.89. The van der Waals surface area contributed by atoms with Crippen molar-refractivity contribution >= 4 is 17.5 Å². The molecule has 0 bridgehead atoms. The molecule has 3 aromatic rings. The van der Waals surface area contributed by atoms with Gasteiger partial charge in [-0.15, -0.1) is 0 Å². The molecule has 3 heterocycles. The van der Waals surface area contributed by atoms with Gasteiger partial charge in [-0.05, 0) is 0 Å². The van der Waals surface area contributed by atoms with Crippen LogP contribution in [0, 0.1) is 0 Å². The third-order valence-corrected chi connectivity index (χ3v) is 5.10. The van der Waals surface area contributed by atoms with Gasteiger partial charge in [0.25, 0.3) is 5.91 Å². The summed E-state index contributed by atoms with van der Waals surface area (Å²) in [4.78, 5) is 21.9. The van der Waals surface area contributed by atoms with E-state index in [2.05, 4.69) is 30.4 Å². The van der Waals surface area contributed by atoms with Gasteiger partial charge in [-0.1, -0.05) is 41.9 Å². The van der Waals surface area contributed by atoms with Crippen molar-refractivity contribution in [3.8, 4) is 11.3 Å². The van der Waals surface area contributed by atoms with Gasteiger partial charge < -0.3 is 10.4 Å². The molecule has 1 unspecified atom stereocenters. The van der Waals surface area contributed by atoms with Gasteiger partial charge >= 0.3 is 0 Å². The van der Waals surface area contributed by atoms with Gasteiger partial charge in [0.2, 0.25) is 0 Å². The van der Waals surface area contributed by atoms with Gasteiger partial charge in [0, 0.05) is 55.5 Å². The number of H-pyrrole nitrogens is 1. The monoisotopic (exact) mass is 412 g/mol. The third kappa shape index (κ3) is 4.61. The number of amides is 1. The normalized spacial score (nSPS) is 15.0. The van der Waals surface area contributed by atoms with E-state index in [1.54, 1.807) is 0 Å². The minimum absolute atomic E-state index is 0.126. The lowest BCUT2D eigenvalue weighted by molar-refractivity contribution is 0.0838. The highest BCUT2D eigenvalue weighted by molar-refractivity contribution is 6.29. The molecule has 0 aliphatic carbocycles. The van der Waals surface area contributed by atoms with Crippen molar-refractivity contribution < 1.29 is 9.90 Å². The molecule has 0 radical (unpaired) electrons. The maximum Gasteiger partial charge on any atom is 0.270 e. The predicted octanol–water partition coefficient (Wildman–Crippen LogP) is 1.67. The highest BCUT2D eigenvalue weighted by Crippen LogP contribution is 2.28. The summed E-state index contributed by atoms with van der Waals surface area (Å²) in [6, 6.07) is 11.4. The van der Waals surface area contributed by atoms with E-state index < -0.39 is 12.0 Å². The summed E-state index contributed by atoms with van der Waals surface area (Å²) >= 11 is 5.77. The molecule has 9 heteroatoms. The number of nitrogens with one attached hydrogen (secondary N) is 2. The number of nitrogens with zero attached hydrogens (tertiary/aromatic N) is 4. The van der Waals surface area contributed by atoms with Crippen LogP contribution in [0.1, 0.15) is 21.7 Å². The molecule has 150 valence electrons. The van der Waals surface area contributed by atoms with Crippen LogP contribution in [0.25, 0.3) is 11.3 Å². The number of aromatic amines is 1. The Balaban J connectivity index is 1.34. The quantitative estimate of drug-likeness (QED) is 0.532. The Morgan fingerprint density at radius 3 is 2.93 bits per heavy atom. The molecule has 0 saturated heterocycles. The number of benzene rings is 1. The molecular weight excluding hydrogens is 392 g/mol. The fourth-order valence-corrected chi connectivity index (χ4v) is 3.61. The first-order valence-electron chi connectivity index (χ1n) is 9.38. The number of fused-ring (bicyclic) bond motifs is 1. The second-order valence-electron chi connectivity index (χ2n) is 6.97. The van der Waals surface area contributed by atoms with Crippen molar-refractivity contribution in [1.29, 1.82) is 0 Å². The van der Waals surface area contributed by atoms with Crippen LogP contribution < -0.4 is 5.32 Å². The predicted molar refractivity (Wildman–Crippen MR) is 108 cm³/mol. The van der Waals surface area contributed by atoms with E-state index in [9.17, 15) is 9.90 Å². The Bertz CT molecular complexity index is 994. The SMILES string of the molecule is O=C(NCC(O)CN1CCc2[nH]nc(-c3ccccc3)c2C1)c1cc(Cl)ncn1. The van der Waals surface area contributed by atoms with E-state index in [1.165, 1.54) is 12.4 Å². The minimum atomic E-state index is -0.704. The van der Waals surface area contributed by atoms with Crippen LogP contribution in [0.5, 0.6) is 0 Å². The Hall–Kier alpha value is -2.81. The topological polar surface area (TPSA) is 107 Å².